The second-order valence-electron chi connectivity index (χ2n) is 10.2. The third-order valence-corrected chi connectivity index (χ3v) is 7.46. The quantitative estimate of drug-likeness (QED) is 0.241. The molecule has 2 aromatic carbocycles. The summed E-state index contributed by atoms with van der Waals surface area (Å²) in [4.78, 5) is 19.0. The molecule has 5 heteroatoms. The van der Waals surface area contributed by atoms with Gasteiger partial charge in [0.2, 0.25) is 0 Å². The molecule has 0 saturated carbocycles. The first-order valence-electron chi connectivity index (χ1n) is 14.1. The number of ether oxygens (including phenoxy) is 1. The fraction of sp³-hybridized carbons (Fsp3) is 0.516. The number of fused-ring (bicyclic) bond motifs is 1. The van der Waals surface area contributed by atoms with E-state index in [1.807, 2.05) is 30.3 Å². The van der Waals surface area contributed by atoms with Crippen molar-refractivity contribution in [1.29, 1.82) is 0 Å². The molecule has 4 rings (SSSR count). The zero-order chi connectivity index (χ0) is 25.2. The van der Waals surface area contributed by atoms with Gasteiger partial charge in [0.1, 0.15) is 5.75 Å². The smallest absolute Gasteiger partial charge is 0.255 e. The Hall–Kier alpha value is -2.79. The van der Waals surface area contributed by atoms with Crippen LogP contribution in [0.5, 0.6) is 5.75 Å². The second kappa shape index (κ2) is 13.5. The average Bonchev–Trinajstić information content (AvgIpc) is 3.33. The van der Waals surface area contributed by atoms with E-state index in [9.17, 15) is 4.79 Å². The van der Waals surface area contributed by atoms with Gasteiger partial charge in [0.25, 0.3) is 5.91 Å². The number of hydrogen-bond acceptors (Lipinski definition) is 3. The van der Waals surface area contributed by atoms with Crippen LogP contribution in [0.15, 0.2) is 48.7 Å². The van der Waals surface area contributed by atoms with Crippen molar-refractivity contribution < 1.29 is 9.53 Å². The summed E-state index contributed by atoms with van der Waals surface area (Å²) >= 11 is 0. The minimum Gasteiger partial charge on any atom is -0.494 e. The lowest BCUT2D eigenvalue weighted by atomic mass is 9.89. The Bertz CT molecular complexity index is 1080. The number of rotatable bonds is 13. The van der Waals surface area contributed by atoms with Crippen LogP contribution >= 0.6 is 0 Å². The first-order valence-corrected chi connectivity index (χ1v) is 14.1. The lowest BCUT2D eigenvalue weighted by molar-refractivity contribution is 0.102. The maximum absolute atomic E-state index is 12.9. The average molecular weight is 490 g/mol. The number of anilines is 1. The van der Waals surface area contributed by atoms with E-state index < -0.39 is 0 Å². The molecule has 1 aromatic heterocycles. The molecule has 0 spiro atoms. The van der Waals surface area contributed by atoms with Crippen LogP contribution < -0.4 is 10.1 Å². The Labute approximate surface area is 216 Å². The summed E-state index contributed by atoms with van der Waals surface area (Å²) in [6.07, 6.45) is 13.2. The zero-order valence-electron chi connectivity index (χ0n) is 22.2. The monoisotopic (exact) mass is 489 g/mol. The van der Waals surface area contributed by atoms with Crippen molar-refractivity contribution in [3.63, 3.8) is 0 Å². The van der Waals surface area contributed by atoms with Gasteiger partial charge in [-0.15, -0.1) is 0 Å². The Morgan fingerprint density at radius 3 is 2.47 bits per heavy atom. The van der Waals surface area contributed by atoms with Gasteiger partial charge in [-0.25, -0.2) is 0 Å². The number of nitrogens with one attached hydrogen (secondary N) is 2. The largest absolute Gasteiger partial charge is 0.494 e. The number of carbonyl (C=O) groups excluding carboxylic acids is 1. The van der Waals surface area contributed by atoms with Gasteiger partial charge in [-0.1, -0.05) is 46.0 Å². The lowest BCUT2D eigenvalue weighted by Crippen LogP contribution is -2.33. The third kappa shape index (κ3) is 7.13. The van der Waals surface area contributed by atoms with Gasteiger partial charge in [-0.2, -0.15) is 0 Å². The predicted octanol–water partition coefficient (Wildman–Crippen LogP) is 7.75. The van der Waals surface area contributed by atoms with Crippen LogP contribution in [0.1, 0.15) is 93.5 Å². The van der Waals surface area contributed by atoms with Gasteiger partial charge in [0.15, 0.2) is 0 Å². The number of likely N-dealkylation sites (tertiary alicyclic amines) is 1. The number of unbranched alkanes of at least 4 members (excludes halogenated alkanes) is 5. The molecule has 36 heavy (non-hydrogen) atoms. The maximum atomic E-state index is 12.9. The number of hydrogen-bond donors (Lipinski definition) is 2. The highest BCUT2D eigenvalue weighted by atomic mass is 16.5. The van der Waals surface area contributed by atoms with Gasteiger partial charge in [0, 0.05) is 28.4 Å². The van der Waals surface area contributed by atoms with Crippen molar-refractivity contribution in [1.82, 2.24) is 9.88 Å². The maximum Gasteiger partial charge on any atom is 0.255 e. The molecule has 1 aliphatic heterocycles. The number of carbonyl (C=O) groups is 1. The third-order valence-electron chi connectivity index (χ3n) is 7.46. The van der Waals surface area contributed by atoms with Crippen LogP contribution in [-0.2, 0) is 0 Å². The van der Waals surface area contributed by atoms with Crippen molar-refractivity contribution >= 4 is 22.5 Å². The number of benzene rings is 2. The molecule has 0 bridgehead atoms. The van der Waals surface area contributed by atoms with E-state index in [0.29, 0.717) is 11.5 Å². The molecule has 0 aliphatic carbocycles. The zero-order valence-corrected chi connectivity index (χ0v) is 22.2. The number of aromatic nitrogens is 1. The predicted molar refractivity (Wildman–Crippen MR) is 150 cm³/mol. The summed E-state index contributed by atoms with van der Waals surface area (Å²) in [5.74, 6) is 1.29. The van der Waals surface area contributed by atoms with Crippen LogP contribution in [0, 0.1) is 0 Å². The van der Waals surface area contributed by atoms with Crippen LogP contribution in [0.3, 0.4) is 0 Å². The lowest BCUT2D eigenvalue weighted by Gasteiger charge is -2.32. The number of H-pyrrole nitrogens is 1. The van der Waals surface area contributed by atoms with Gasteiger partial charge < -0.3 is 19.9 Å². The van der Waals surface area contributed by atoms with Gasteiger partial charge >= 0.3 is 0 Å². The molecule has 1 aliphatic rings. The summed E-state index contributed by atoms with van der Waals surface area (Å²) in [7, 11) is 0. The Balaban J connectivity index is 1.33. The van der Waals surface area contributed by atoms with Crippen LogP contribution in [0.25, 0.3) is 10.9 Å². The normalized spacial score (nSPS) is 14.8. The van der Waals surface area contributed by atoms with E-state index in [1.54, 1.807) is 0 Å². The number of aromatic amines is 1. The molecule has 5 nitrogen and oxygen atoms in total. The SMILES string of the molecule is CCCCCCOc1ccc(C(=O)Nc2ccc3[nH]cc(C4CCN(CCCCC)CC4)c3c2)cc1. The van der Waals surface area contributed by atoms with Gasteiger partial charge in [-0.05, 0) is 99.3 Å². The topological polar surface area (TPSA) is 57.4 Å². The molecule has 2 N–H and O–H groups in total. The first-order chi connectivity index (χ1) is 17.7. The highest BCUT2D eigenvalue weighted by molar-refractivity contribution is 6.05. The molecule has 194 valence electrons. The Morgan fingerprint density at radius 2 is 1.72 bits per heavy atom. The highest BCUT2D eigenvalue weighted by Crippen LogP contribution is 2.34. The molecular formula is C31H43N3O2. The van der Waals surface area contributed by atoms with Crippen molar-refractivity contribution in [2.24, 2.45) is 0 Å². The Morgan fingerprint density at radius 1 is 0.972 bits per heavy atom. The number of piperidine rings is 1. The van der Waals surface area contributed by atoms with E-state index in [4.69, 9.17) is 4.74 Å². The second-order valence-corrected chi connectivity index (χ2v) is 10.2. The molecule has 1 saturated heterocycles. The van der Waals surface area contributed by atoms with Gasteiger partial charge in [-0.3, -0.25) is 4.79 Å². The van der Waals surface area contributed by atoms with Crippen LogP contribution in [0.2, 0.25) is 0 Å². The summed E-state index contributed by atoms with van der Waals surface area (Å²) in [5, 5.41) is 4.32. The minimum absolute atomic E-state index is 0.0960. The van der Waals surface area contributed by atoms with Crippen molar-refractivity contribution in [3.05, 3.63) is 59.8 Å². The molecule has 0 unspecified atom stereocenters. The van der Waals surface area contributed by atoms with Gasteiger partial charge in [0.05, 0.1) is 6.61 Å². The van der Waals surface area contributed by atoms with E-state index in [0.717, 1.165) is 30.0 Å². The Kier molecular flexibility index (Phi) is 9.85. The first kappa shape index (κ1) is 26.3. The molecule has 2 heterocycles. The molecule has 1 fully saturated rings. The molecule has 0 atom stereocenters. The number of nitrogens with zero attached hydrogens (tertiary/aromatic N) is 1. The summed E-state index contributed by atoms with van der Waals surface area (Å²) in [6, 6.07) is 13.6. The highest BCUT2D eigenvalue weighted by Gasteiger charge is 2.22. The summed E-state index contributed by atoms with van der Waals surface area (Å²) in [6.45, 7) is 8.78. The summed E-state index contributed by atoms with van der Waals surface area (Å²) < 4.78 is 5.81. The molecule has 3 aromatic rings. The van der Waals surface area contributed by atoms with Crippen LogP contribution in [-0.4, -0.2) is 42.0 Å². The number of amides is 1. The van der Waals surface area contributed by atoms with Crippen molar-refractivity contribution in [2.45, 2.75) is 77.6 Å². The van der Waals surface area contributed by atoms with Crippen molar-refractivity contribution in [2.75, 3.05) is 31.6 Å². The molecular weight excluding hydrogens is 446 g/mol. The minimum atomic E-state index is -0.0960. The van der Waals surface area contributed by atoms with E-state index in [-0.39, 0.29) is 5.91 Å². The van der Waals surface area contributed by atoms with Crippen molar-refractivity contribution in [3.8, 4) is 5.75 Å². The fourth-order valence-electron chi connectivity index (χ4n) is 5.24. The van der Waals surface area contributed by atoms with Crippen LogP contribution in [0.4, 0.5) is 5.69 Å². The summed E-state index contributed by atoms with van der Waals surface area (Å²) in [5.41, 5.74) is 3.99. The van der Waals surface area contributed by atoms with E-state index in [2.05, 4.69) is 47.4 Å². The van der Waals surface area contributed by atoms with E-state index in [1.165, 1.54) is 82.0 Å². The standard InChI is InChI=1S/C31H43N3O2/c1-3-5-7-9-21-36-27-13-10-25(11-14-27)31(35)33-26-12-15-30-28(22-26)29(23-32-30)24-16-19-34(20-17-24)18-8-6-4-2/h10-15,22-24,32H,3-9,16-21H2,1-2H3,(H,33,35). The van der Waals surface area contributed by atoms with E-state index >= 15 is 0 Å². The molecule has 0 radical (unpaired) electrons. The fourth-order valence-corrected chi connectivity index (χ4v) is 5.24. The molecule has 1 amide bonds.